The van der Waals surface area contributed by atoms with Crippen molar-refractivity contribution in [1.82, 2.24) is 4.98 Å². The van der Waals surface area contributed by atoms with Crippen LogP contribution in [-0.2, 0) is 43.0 Å². The minimum atomic E-state index is -0.453. The molecular formula is C64H77N3O15S. The van der Waals surface area contributed by atoms with Crippen molar-refractivity contribution in [2.75, 3.05) is 51.7 Å². The van der Waals surface area contributed by atoms with Gasteiger partial charge in [0.05, 0.1) is 73.1 Å². The number of ether oxygens (including phenoxy) is 8. The van der Waals surface area contributed by atoms with Gasteiger partial charge in [0.2, 0.25) is 5.13 Å². The first-order valence-corrected chi connectivity index (χ1v) is 29.3. The summed E-state index contributed by atoms with van der Waals surface area (Å²) in [6.07, 6.45) is 15.1. The lowest BCUT2D eigenvalue weighted by Crippen LogP contribution is -2.30. The molecule has 0 aliphatic heterocycles. The van der Waals surface area contributed by atoms with Crippen LogP contribution < -0.4 is 28.7 Å². The molecule has 2 aliphatic rings. The molecule has 7 rings (SSSR count). The van der Waals surface area contributed by atoms with Crippen LogP contribution in [0, 0.1) is 30.6 Å². The Bertz CT molecular complexity index is 2870. The zero-order valence-corrected chi connectivity index (χ0v) is 48.4. The summed E-state index contributed by atoms with van der Waals surface area (Å²) < 4.78 is 44.7. The highest BCUT2D eigenvalue weighted by atomic mass is 32.1. The lowest BCUT2D eigenvalue weighted by atomic mass is 9.82. The maximum atomic E-state index is 13.7. The number of thiazole rings is 1. The largest absolute Gasteiger partial charge is 0.494 e. The van der Waals surface area contributed by atoms with E-state index < -0.39 is 29.7 Å². The summed E-state index contributed by atoms with van der Waals surface area (Å²) in [5, 5.41) is 16.7. The summed E-state index contributed by atoms with van der Waals surface area (Å²) >= 11 is 1.41. The van der Waals surface area contributed by atoms with Crippen molar-refractivity contribution in [2.24, 2.45) is 28.8 Å². The predicted octanol–water partition coefficient (Wildman–Crippen LogP) is 11.7. The zero-order chi connectivity index (χ0) is 59.2. The molecule has 5 aromatic rings. The molecule has 2 saturated carbocycles. The van der Waals surface area contributed by atoms with E-state index >= 15 is 0 Å². The first-order valence-electron chi connectivity index (χ1n) is 28.5. The van der Waals surface area contributed by atoms with Crippen molar-refractivity contribution in [2.45, 2.75) is 110 Å². The molecule has 0 radical (unpaired) electrons. The predicted molar refractivity (Wildman–Crippen MR) is 316 cm³/mol. The molecule has 1 N–H and O–H groups in total. The van der Waals surface area contributed by atoms with Crippen LogP contribution in [0.1, 0.15) is 114 Å². The van der Waals surface area contributed by atoms with Crippen LogP contribution in [0.3, 0.4) is 0 Å². The van der Waals surface area contributed by atoms with Crippen molar-refractivity contribution in [3.05, 3.63) is 127 Å². The number of aryl methyl sites for hydroxylation is 1. The highest BCUT2D eigenvalue weighted by Crippen LogP contribution is 2.35. The molecule has 0 amide bonds. The van der Waals surface area contributed by atoms with Gasteiger partial charge in [0.25, 0.3) is 0 Å². The quantitative estimate of drug-likeness (QED) is 0.0113. The minimum absolute atomic E-state index is 0.134. The van der Waals surface area contributed by atoms with E-state index in [1.54, 1.807) is 66.7 Å². The maximum absolute atomic E-state index is 13.7. The fraction of sp³-hybridized carbons (Fsp3) is 0.438. The highest BCUT2D eigenvalue weighted by molar-refractivity contribution is 7.22. The fourth-order valence-corrected chi connectivity index (χ4v) is 10.2. The van der Waals surface area contributed by atoms with Gasteiger partial charge in [-0.25, -0.2) is 19.6 Å². The Hall–Kier alpha value is -7.74. The van der Waals surface area contributed by atoms with Crippen LogP contribution >= 0.6 is 11.3 Å². The Morgan fingerprint density at radius 2 is 1.05 bits per heavy atom. The third-order valence-corrected chi connectivity index (χ3v) is 15.1. The SMILES string of the molecule is C=CC(=O)OCCCCCCOC.C=CC(=O)OCCCCCCOc1ccc(OC(=O)C2CCC(C(=O)Oc3ccc(OC(=O)C4CCC(C(=O)Oc5ccc(C)cc5)CC4)c(/C=N/N(CCO)c4nc5ccccc5s4)c3)CC2)cc1. The van der Waals surface area contributed by atoms with E-state index in [9.17, 15) is 33.9 Å². The van der Waals surface area contributed by atoms with Gasteiger partial charge in [0.15, 0.2) is 0 Å². The number of carbonyl (C=O) groups is 6. The van der Waals surface area contributed by atoms with Crippen molar-refractivity contribution in [1.29, 1.82) is 0 Å². The number of unbranched alkanes of at least 4 members (excludes halogenated alkanes) is 6. The molecule has 83 heavy (non-hydrogen) atoms. The van der Waals surface area contributed by atoms with Crippen LogP contribution in [0.2, 0.25) is 0 Å². The molecule has 0 bridgehead atoms. The highest BCUT2D eigenvalue weighted by Gasteiger charge is 2.34. The first-order chi connectivity index (χ1) is 40.3. The van der Waals surface area contributed by atoms with Crippen molar-refractivity contribution in [3.8, 4) is 28.7 Å². The summed E-state index contributed by atoms with van der Waals surface area (Å²) in [5.41, 5.74) is 2.19. The number of methoxy groups -OCH3 is 1. The zero-order valence-electron chi connectivity index (χ0n) is 47.6. The number of aromatic nitrogens is 1. The number of nitrogens with zero attached hydrogens (tertiary/aromatic N) is 3. The number of aliphatic hydroxyl groups excluding tert-OH is 1. The van der Waals surface area contributed by atoms with Crippen molar-refractivity contribution < 1.29 is 71.8 Å². The van der Waals surface area contributed by atoms with Crippen LogP contribution in [0.15, 0.2) is 121 Å². The molecule has 0 spiro atoms. The maximum Gasteiger partial charge on any atom is 0.330 e. The normalized spacial score (nSPS) is 16.6. The number of para-hydroxylation sites is 1. The monoisotopic (exact) mass is 1160 g/mol. The number of fused-ring (bicyclic) bond motifs is 1. The van der Waals surface area contributed by atoms with Gasteiger partial charge in [0, 0.05) is 31.4 Å². The van der Waals surface area contributed by atoms with E-state index in [2.05, 4.69) is 23.2 Å². The number of rotatable bonds is 30. The molecule has 0 atom stereocenters. The summed E-state index contributed by atoms with van der Waals surface area (Å²) in [7, 11) is 1.70. The van der Waals surface area contributed by atoms with Crippen molar-refractivity contribution in [3.63, 3.8) is 0 Å². The standard InChI is InChI=1S/C54H59N3O12S.C10H18O3/c1-3-49(59)65-33-9-5-4-8-32-64-42-24-26-44(27-25-42)67-51(61)37-14-16-39(17-15-37)52(62)68-45-28-29-47(41(34-45)35-55-57(30-31-58)54-56-46-10-6-7-11-48(46)70-54)69-53(63)40-20-18-38(19-21-40)50(60)66-43-22-12-36(2)13-23-43;1-3-10(11)13-9-7-5-4-6-8-12-2/h3,6-7,10-13,22-29,34-35,37-40,58H,1,4-5,8-9,14-21,30-33H2,2H3;3H,1,4-9H2,2H3/b55-35+;. The number of anilines is 1. The summed E-state index contributed by atoms with van der Waals surface area (Å²) in [6.45, 7) is 10.8. The van der Waals surface area contributed by atoms with Crippen LogP contribution in [0.4, 0.5) is 5.13 Å². The molecule has 19 heteroatoms. The van der Waals surface area contributed by atoms with Crippen LogP contribution in [0.5, 0.6) is 28.7 Å². The second kappa shape index (κ2) is 35.3. The van der Waals surface area contributed by atoms with Crippen LogP contribution in [-0.4, -0.2) is 98.8 Å². The van der Waals surface area contributed by atoms with Gasteiger partial charge < -0.3 is 43.0 Å². The molecule has 1 aromatic heterocycles. The third kappa shape index (κ3) is 22.2. The van der Waals surface area contributed by atoms with Gasteiger partial charge in [-0.05, 0) is 170 Å². The fourth-order valence-electron chi connectivity index (χ4n) is 9.23. The summed E-state index contributed by atoms with van der Waals surface area (Å²) in [4.78, 5) is 79.7. The second-order valence-electron chi connectivity index (χ2n) is 20.2. The van der Waals surface area contributed by atoms with E-state index in [-0.39, 0.29) is 54.4 Å². The minimum Gasteiger partial charge on any atom is -0.494 e. The van der Waals surface area contributed by atoms with Gasteiger partial charge in [0.1, 0.15) is 28.7 Å². The Balaban J connectivity index is 0.000000756. The van der Waals surface area contributed by atoms with E-state index in [1.807, 2.05) is 43.3 Å². The van der Waals surface area contributed by atoms with Gasteiger partial charge >= 0.3 is 35.8 Å². The third-order valence-electron chi connectivity index (χ3n) is 14.0. The van der Waals surface area contributed by atoms with Gasteiger partial charge in [-0.1, -0.05) is 60.7 Å². The molecular weight excluding hydrogens is 1080 g/mol. The van der Waals surface area contributed by atoms with Gasteiger partial charge in [-0.15, -0.1) is 0 Å². The Kier molecular flexibility index (Phi) is 27.4. The number of benzene rings is 4. The molecule has 2 fully saturated rings. The molecule has 0 saturated heterocycles. The van der Waals surface area contributed by atoms with Crippen molar-refractivity contribution >= 4 is 68.7 Å². The molecule has 2 aliphatic carbocycles. The lowest BCUT2D eigenvalue weighted by molar-refractivity contribution is -0.145. The Morgan fingerprint density at radius 1 is 0.590 bits per heavy atom. The second-order valence-corrected chi connectivity index (χ2v) is 21.2. The topological polar surface area (TPSA) is 225 Å². The number of esters is 6. The molecule has 18 nitrogen and oxygen atoms in total. The Morgan fingerprint density at radius 3 is 1.55 bits per heavy atom. The first kappa shape index (κ1) is 64.4. The smallest absolute Gasteiger partial charge is 0.330 e. The van der Waals surface area contributed by atoms with Gasteiger partial charge in [-0.2, -0.15) is 5.10 Å². The molecule has 444 valence electrons. The molecule has 0 unspecified atom stereocenters. The number of hydrogen-bond donors (Lipinski definition) is 1. The average Bonchev–Trinajstić information content (AvgIpc) is 4.00. The Labute approximate surface area is 489 Å². The number of hydrogen-bond acceptors (Lipinski definition) is 19. The number of hydrazone groups is 1. The van der Waals surface area contributed by atoms with Crippen LogP contribution in [0.25, 0.3) is 10.2 Å². The lowest BCUT2D eigenvalue weighted by Gasteiger charge is -2.26. The molecule has 1 heterocycles. The van der Waals surface area contributed by atoms with E-state index in [1.165, 1.54) is 23.6 Å². The van der Waals surface area contributed by atoms with E-state index in [4.69, 9.17) is 37.9 Å². The van der Waals surface area contributed by atoms with E-state index in [0.29, 0.717) is 99.1 Å². The average molecular weight is 1160 g/mol. The summed E-state index contributed by atoms with van der Waals surface area (Å²) in [5.74, 6) is -1.97. The summed E-state index contributed by atoms with van der Waals surface area (Å²) in [6, 6.07) is 26.5. The number of aliphatic hydroxyl groups is 1. The van der Waals surface area contributed by atoms with E-state index in [0.717, 1.165) is 79.8 Å². The molecule has 4 aromatic carbocycles. The van der Waals surface area contributed by atoms with Gasteiger partial charge in [-0.3, -0.25) is 19.2 Å². The number of carbonyl (C=O) groups excluding carboxylic acids is 6.